The number of anilines is 1. The molecule has 2 aromatic rings. The standard InChI is InChI=1S/C15H19FN4O3/c1-4-23-13(21)5-6-20(15(17)22)14-10-8-11(16)9(2)7-12(10)19(3)18-14/h7-8H,4-6H2,1-3H3,(H2,17,22). The van der Waals surface area contributed by atoms with Crippen LogP contribution >= 0.6 is 0 Å². The fraction of sp³-hybridized carbons (Fsp3) is 0.400. The lowest BCUT2D eigenvalue weighted by molar-refractivity contribution is -0.142. The normalized spacial score (nSPS) is 10.8. The van der Waals surface area contributed by atoms with Gasteiger partial charge in [0, 0.05) is 19.0 Å². The Labute approximate surface area is 132 Å². The lowest BCUT2D eigenvalue weighted by Crippen LogP contribution is -2.38. The van der Waals surface area contributed by atoms with E-state index < -0.39 is 17.8 Å². The molecule has 0 aliphatic heterocycles. The SMILES string of the molecule is CCOC(=O)CCN(C(N)=O)c1nn(C)c2cc(C)c(F)cc12. The van der Waals surface area contributed by atoms with Crippen LogP contribution in [-0.2, 0) is 16.6 Å². The Kier molecular flexibility index (Phi) is 4.83. The van der Waals surface area contributed by atoms with Gasteiger partial charge in [0.25, 0.3) is 0 Å². The van der Waals surface area contributed by atoms with Gasteiger partial charge in [-0.3, -0.25) is 14.4 Å². The summed E-state index contributed by atoms with van der Waals surface area (Å²) in [5, 5.41) is 4.70. The van der Waals surface area contributed by atoms with Crippen LogP contribution < -0.4 is 10.6 Å². The van der Waals surface area contributed by atoms with Crippen LogP contribution in [0.25, 0.3) is 10.9 Å². The number of ether oxygens (including phenoxy) is 1. The second-order valence-electron chi connectivity index (χ2n) is 5.11. The molecule has 0 spiro atoms. The van der Waals surface area contributed by atoms with Gasteiger partial charge in [0.05, 0.1) is 18.5 Å². The molecule has 0 unspecified atom stereocenters. The van der Waals surface area contributed by atoms with Crippen molar-refractivity contribution in [3.8, 4) is 0 Å². The molecule has 0 fully saturated rings. The maximum Gasteiger partial charge on any atom is 0.320 e. The third kappa shape index (κ3) is 3.41. The molecule has 0 aliphatic rings. The molecule has 2 rings (SSSR count). The fourth-order valence-electron chi connectivity index (χ4n) is 2.32. The topological polar surface area (TPSA) is 90.4 Å². The van der Waals surface area contributed by atoms with Crippen LogP contribution in [0.3, 0.4) is 0 Å². The number of carbonyl (C=O) groups excluding carboxylic acids is 2. The average molecular weight is 322 g/mol. The maximum absolute atomic E-state index is 13.9. The van der Waals surface area contributed by atoms with Crippen LogP contribution in [0.2, 0.25) is 0 Å². The molecular formula is C15H19FN4O3. The zero-order chi connectivity index (χ0) is 17.1. The zero-order valence-electron chi connectivity index (χ0n) is 13.3. The van der Waals surface area contributed by atoms with Gasteiger partial charge in [0.2, 0.25) is 0 Å². The molecule has 2 N–H and O–H groups in total. The van der Waals surface area contributed by atoms with E-state index in [4.69, 9.17) is 10.5 Å². The predicted octanol–water partition coefficient (Wildman–Crippen LogP) is 1.86. The molecule has 0 radical (unpaired) electrons. The molecule has 0 atom stereocenters. The summed E-state index contributed by atoms with van der Waals surface area (Å²) < 4.78 is 20.2. The summed E-state index contributed by atoms with van der Waals surface area (Å²) >= 11 is 0. The van der Waals surface area contributed by atoms with Crippen molar-refractivity contribution in [2.24, 2.45) is 12.8 Å². The van der Waals surface area contributed by atoms with Gasteiger partial charge in [0.1, 0.15) is 5.82 Å². The Balaban J connectivity index is 2.40. The molecular weight excluding hydrogens is 303 g/mol. The van der Waals surface area contributed by atoms with E-state index in [1.807, 2.05) is 0 Å². The smallest absolute Gasteiger partial charge is 0.320 e. The lowest BCUT2D eigenvalue weighted by Gasteiger charge is -2.17. The van der Waals surface area contributed by atoms with Crippen LogP contribution in [0.5, 0.6) is 0 Å². The number of aromatic nitrogens is 2. The number of aryl methyl sites for hydroxylation is 2. The first-order valence-corrected chi connectivity index (χ1v) is 7.20. The van der Waals surface area contributed by atoms with Gasteiger partial charge in [-0.05, 0) is 31.5 Å². The van der Waals surface area contributed by atoms with E-state index in [-0.39, 0.29) is 25.4 Å². The number of esters is 1. The summed E-state index contributed by atoms with van der Waals surface area (Å²) in [7, 11) is 1.69. The Morgan fingerprint density at radius 3 is 2.74 bits per heavy atom. The first-order valence-electron chi connectivity index (χ1n) is 7.20. The molecule has 1 heterocycles. The Morgan fingerprint density at radius 1 is 1.43 bits per heavy atom. The molecule has 2 amide bonds. The molecule has 8 heteroatoms. The number of hydrogen-bond donors (Lipinski definition) is 1. The van der Waals surface area contributed by atoms with E-state index in [0.29, 0.717) is 16.5 Å². The quantitative estimate of drug-likeness (QED) is 0.851. The third-order valence-corrected chi connectivity index (χ3v) is 3.48. The summed E-state index contributed by atoms with van der Waals surface area (Å²) in [6, 6.07) is 2.19. The van der Waals surface area contributed by atoms with E-state index in [2.05, 4.69) is 5.10 Å². The number of primary amides is 1. The van der Waals surface area contributed by atoms with Crippen LogP contribution in [0.4, 0.5) is 15.0 Å². The second-order valence-corrected chi connectivity index (χ2v) is 5.11. The van der Waals surface area contributed by atoms with Gasteiger partial charge in [-0.1, -0.05) is 0 Å². The van der Waals surface area contributed by atoms with Crippen LogP contribution in [0.15, 0.2) is 12.1 Å². The molecule has 0 bridgehead atoms. The van der Waals surface area contributed by atoms with Crippen molar-refractivity contribution < 1.29 is 18.7 Å². The Hall–Kier alpha value is -2.64. The number of fused-ring (bicyclic) bond motifs is 1. The molecule has 0 saturated heterocycles. The van der Waals surface area contributed by atoms with E-state index >= 15 is 0 Å². The summed E-state index contributed by atoms with van der Waals surface area (Å²) in [6.45, 7) is 3.61. The first kappa shape index (κ1) is 16.7. The van der Waals surface area contributed by atoms with Gasteiger partial charge in [-0.2, -0.15) is 5.10 Å². The lowest BCUT2D eigenvalue weighted by atomic mass is 10.1. The first-order chi connectivity index (χ1) is 10.8. The number of nitrogens with two attached hydrogens (primary N) is 1. The van der Waals surface area contributed by atoms with Gasteiger partial charge >= 0.3 is 12.0 Å². The third-order valence-electron chi connectivity index (χ3n) is 3.48. The summed E-state index contributed by atoms with van der Waals surface area (Å²) in [5.41, 5.74) is 6.53. The minimum absolute atomic E-state index is 0.00970. The van der Waals surface area contributed by atoms with E-state index in [1.165, 1.54) is 10.7 Å². The van der Waals surface area contributed by atoms with Gasteiger partial charge < -0.3 is 10.5 Å². The maximum atomic E-state index is 13.9. The molecule has 124 valence electrons. The summed E-state index contributed by atoms with van der Waals surface area (Å²) in [4.78, 5) is 24.4. The summed E-state index contributed by atoms with van der Waals surface area (Å²) in [6.07, 6.45) is -0.0246. The highest BCUT2D eigenvalue weighted by Gasteiger charge is 2.22. The summed E-state index contributed by atoms with van der Waals surface area (Å²) in [5.74, 6) is -0.624. The van der Waals surface area contributed by atoms with Crippen molar-refractivity contribution in [2.75, 3.05) is 18.1 Å². The average Bonchev–Trinajstić information content (AvgIpc) is 2.77. The molecule has 23 heavy (non-hydrogen) atoms. The van der Waals surface area contributed by atoms with Gasteiger partial charge in [0.15, 0.2) is 5.82 Å². The van der Waals surface area contributed by atoms with E-state index in [9.17, 15) is 14.0 Å². The minimum atomic E-state index is -0.768. The number of halogens is 1. The number of hydrogen-bond acceptors (Lipinski definition) is 4. The number of amides is 2. The van der Waals surface area contributed by atoms with Crippen molar-refractivity contribution in [2.45, 2.75) is 20.3 Å². The highest BCUT2D eigenvalue weighted by atomic mass is 19.1. The number of rotatable bonds is 5. The monoisotopic (exact) mass is 322 g/mol. The van der Waals surface area contributed by atoms with Crippen LogP contribution in [0, 0.1) is 12.7 Å². The molecule has 7 nitrogen and oxygen atoms in total. The zero-order valence-corrected chi connectivity index (χ0v) is 13.3. The molecule has 0 aliphatic carbocycles. The number of nitrogens with zero attached hydrogens (tertiary/aromatic N) is 3. The van der Waals surface area contributed by atoms with E-state index in [1.54, 1.807) is 27.0 Å². The van der Waals surface area contributed by atoms with Crippen LogP contribution in [0.1, 0.15) is 18.9 Å². The van der Waals surface area contributed by atoms with Crippen molar-refractivity contribution in [1.82, 2.24) is 9.78 Å². The van der Waals surface area contributed by atoms with Crippen molar-refractivity contribution >= 4 is 28.7 Å². The molecule has 1 aromatic carbocycles. The highest BCUT2D eigenvalue weighted by Crippen LogP contribution is 2.28. The number of urea groups is 1. The highest BCUT2D eigenvalue weighted by molar-refractivity contribution is 6.00. The predicted molar refractivity (Wildman–Crippen MR) is 83.6 cm³/mol. The Bertz CT molecular complexity index is 757. The Morgan fingerprint density at radius 2 is 2.13 bits per heavy atom. The van der Waals surface area contributed by atoms with Crippen molar-refractivity contribution in [3.05, 3.63) is 23.5 Å². The number of carbonyl (C=O) groups is 2. The number of benzene rings is 1. The van der Waals surface area contributed by atoms with E-state index in [0.717, 1.165) is 4.90 Å². The second kappa shape index (κ2) is 6.64. The molecule has 0 saturated carbocycles. The van der Waals surface area contributed by atoms with Crippen molar-refractivity contribution in [3.63, 3.8) is 0 Å². The van der Waals surface area contributed by atoms with Gasteiger partial charge in [-0.25, -0.2) is 9.18 Å². The molecule has 1 aromatic heterocycles. The van der Waals surface area contributed by atoms with Crippen LogP contribution in [-0.4, -0.2) is 34.9 Å². The fourth-order valence-corrected chi connectivity index (χ4v) is 2.32. The minimum Gasteiger partial charge on any atom is -0.466 e. The van der Waals surface area contributed by atoms with Crippen molar-refractivity contribution in [1.29, 1.82) is 0 Å². The largest absolute Gasteiger partial charge is 0.466 e. The van der Waals surface area contributed by atoms with Gasteiger partial charge in [-0.15, -0.1) is 0 Å².